The number of carbonyl (C=O) groups is 1. The molecule has 2 aromatic rings. The summed E-state index contributed by atoms with van der Waals surface area (Å²) in [6.45, 7) is 2.25. The van der Waals surface area contributed by atoms with Gasteiger partial charge in [-0.2, -0.15) is 0 Å². The average Bonchev–Trinajstić information content (AvgIpc) is 2.58. The fraction of sp³-hybridized carbons (Fsp3) is 0.278. The minimum Gasteiger partial charge on any atom is -0.489 e. The number of nitrogens with two attached hydrogens (primary N) is 1. The van der Waals surface area contributed by atoms with E-state index in [2.05, 4.69) is 5.32 Å². The Labute approximate surface area is 147 Å². The van der Waals surface area contributed by atoms with E-state index in [0.29, 0.717) is 18.7 Å². The maximum Gasteiger partial charge on any atom is 0.241 e. The van der Waals surface area contributed by atoms with Gasteiger partial charge in [0.25, 0.3) is 0 Å². The van der Waals surface area contributed by atoms with Crippen LogP contribution in [0.2, 0.25) is 0 Å². The van der Waals surface area contributed by atoms with Gasteiger partial charge < -0.3 is 15.8 Å². The number of nitrogens with one attached hydrogen (secondary N) is 1. The van der Waals surface area contributed by atoms with E-state index in [1.807, 2.05) is 37.3 Å². The molecular formula is C18H22ClFN2O2. The van der Waals surface area contributed by atoms with Crippen molar-refractivity contribution in [2.24, 2.45) is 5.73 Å². The Hall–Kier alpha value is -2.11. The van der Waals surface area contributed by atoms with Gasteiger partial charge in [0.05, 0.1) is 6.54 Å². The molecule has 2 aromatic carbocycles. The molecule has 1 amide bonds. The molecule has 0 aromatic heterocycles. The minimum atomic E-state index is -0.720. The third kappa shape index (κ3) is 5.83. The van der Waals surface area contributed by atoms with E-state index in [1.54, 1.807) is 12.1 Å². The number of ether oxygens (including phenoxy) is 1. The molecule has 3 N–H and O–H groups in total. The molecule has 0 radical (unpaired) electrons. The molecule has 4 nitrogen and oxygen atoms in total. The lowest BCUT2D eigenvalue weighted by molar-refractivity contribution is -0.122. The average molecular weight is 353 g/mol. The van der Waals surface area contributed by atoms with Gasteiger partial charge in [-0.3, -0.25) is 4.79 Å². The second kappa shape index (κ2) is 9.90. The number of amides is 1. The maximum atomic E-state index is 13.2. The lowest BCUT2D eigenvalue weighted by Gasteiger charge is -2.19. The molecule has 0 fully saturated rings. The van der Waals surface area contributed by atoms with Crippen molar-refractivity contribution in [3.05, 3.63) is 66.0 Å². The van der Waals surface area contributed by atoms with E-state index in [9.17, 15) is 9.18 Å². The van der Waals surface area contributed by atoms with Crippen LogP contribution in [0.15, 0.2) is 54.6 Å². The number of carbonyl (C=O) groups excluding carboxylic acids is 1. The number of rotatable bonds is 7. The summed E-state index contributed by atoms with van der Waals surface area (Å²) in [6, 6.07) is 14.4. The van der Waals surface area contributed by atoms with Crippen LogP contribution in [0.1, 0.15) is 24.9 Å². The first-order valence-electron chi connectivity index (χ1n) is 7.60. The van der Waals surface area contributed by atoms with Gasteiger partial charge in [-0.15, -0.1) is 12.4 Å². The van der Waals surface area contributed by atoms with E-state index in [-0.39, 0.29) is 30.2 Å². The molecule has 24 heavy (non-hydrogen) atoms. The third-order valence-corrected chi connectivity index (χ3v) is 3.50. The van der Waals surface area contributed by atoms with Crippen LogP contribution >= 0.6 is 12.4 Å². The fourth-order valence-corrected chi connectivity index (χ4v) is 2.14. The van der Waals surface area contributed by atoms with E-state index in [4.69, 9.17) is 10.5 Å². The smallest absolute Gasteiger partial charge is 0.241 e. The van der Waals surface area contributed by atoms with Crippen molar-refractivity contribution < 1.29 is 13.9 Å². The molecule has 0 aliphatic heterocycles. The molecule has 0 saturated heterocycles. The highest BCUT2D eigenvalue weighted by Gasteiger charge is 2.17. The molecule has 0 saturated carbocycles. The van der Waals surface area contributed by atoms with E-state index in [1.165, 1.54) is 12.1 Å². The maximum absolute atomic E-state index is 13.2. The Balaban J connectivity index is 0.00000288. The van der Waals surface area contributed by atoms with Crippen LogP contribution in [-0.2, 0) is 4.79 Å². The van der Waals surface area contributed by atoms with Gasteiger partial charge in [0.15, 0.2) is 0 Å². The SMILES string of the molecule is CCC(CNC(=O)C(N)c1ccccc1)Oc1cccc(F)c1.Cl. The quantitative estimate of drug-likeness (QED) is 0.804. The molecule has 6 heteroatoms. The Morgan fingerprint density at radius 2 is 1.92 bits per heavy atom. The van der Waals surface area contributed by atoms with Gasteiger partial charge in [-0.1, -0.05) is 43.3 Å². The van der Waals surface area contributed by atoms with Crippen molar-refractivity contribution in [3.63, 3.8) is 0 Å². The van der Waals surface area contributed by atoms with Crippen LogP contribution in [-0.4, -0.2) is 18.6 Å². The number of halogens is 2. The summed E-state index contributed by atoms with van der Waals surface area (Å²) in [6.07, 6.45) is 0.431. The largest absolute Gasteiger partial charge is 0.489 e. The molecule has 2 atom stereocenters. The highest BCUT2D eigenvalue weighted by molar-refractivity contribution is 5.85. The number of hydrogen-bond acceptors (Lipinski definition) is 3. The summed E-state index contributed by atoms with van der Waals surface area (Å²) in [7, 11) is 0. The summed E-state index contributed by atoms with van der Waals surface area (Å²) in [4.78, 5) is 12.1. The van der Waals surface area contributed by atoms with Gasteiger partial charge in [0.1, 0.15) is 23.7 Å². The van der Waals surface area contributed by atoms with Crippen LogP contribution in [0.5, 0.6) is 5.75 Å². The normalized spacial score (nSPS) is 12.6. The first-order valence-corrected chi connectivity index (χ1v) is 7.60. The van der Waals surface area contributed by atoms with Crippen molar-refractivity contribution in [1.82, 2.24) is 5.32 Å². The van der Waals surface area contributed by atoms with Crippen molar-refractivity contribution in [2.75, 3.05) is 6.54 Å². The van der Waals surface area contributed by atoms with Crippen molar-refractivity contribution in [3.8, 4) is 5.75 Å². The highest BCUT2D eigenvalue weighted by atomic mass is 35.5. The van der Waals surface area contributed by atoms with Crippen molar-refractivity contribution in [1.29, 1.82) is 0 Å². The second-order valence-electron chi connectivity index (χ2n) is 5.24. The standard InChI is InChI=1S/C18H21FN2O2.ClH/c1-2-15(23-16-10-6-9-14(19)11-16)12-21-18(22)17(20)13-7-4-3-5-8-13;/h3-11,15,17H,2,12,20H2,1H3,(H,21,22);1H. The van der Waals surface area contributed by atoms with Crippen LogP contribution in [0.3, 0.4) is 0 Å². The summed E-state index contributed by atoms with van der Waals surface area (Å²) in [5.41, 5.74) is 6.69. The Morgan fingerprint density at radius 1 is 1.21 bits per heavy atom. The second-order valence-corrected chi connectivity index (χ2v) is 5.24. The summed E-state index contributed by atoms with van der Waals surface area (Å²) < 4.78 is 18.8. The first-order chi connectivity index (χ1) is 11.1. The molecule has 2 unspecified atom stereocenters. The Kier molecular flexibility index (Phi) is 8.22. The summed E-state index contributed by atoms with van der Waals surface area (Å²) in [5.74, 6) is -0.177. The van der Waals surface area contributed by atoms with Crippen molar-refractivity contribution >= 4 is 18.3 Å². The summed E-state index contributed by atoms with van der Waals surface area (Å²) in [5, 5.41) is 2.78. The van der Waals surface area contributed by atoms with E-state index in [0.717, 1.165) is 5.56 Å². The molecule has 2 rings (SSSR count). The van der Waals surface area contributed by atoms with Crippen molar-refractivity contribution in [2.45, 2.75) is 25.5 Å². The fourth-order valence-electron chi connectivity index (χ4n) is 2.14. The zero-order valence-electron chi connectivity index (χ0n) is 13.4. The third-order valence-electron chi connectivity index (χ3n) is 3.50. The Bertz CT molecular complexity index is 640. The Morgan fingerprint density at radius 3 is 2.54 bits per heavy atom. The molecule has 130 valence electrons. The van der Waals surface area contributed by atoms with Crippen LogP contribution in [0.25, 0.3) is 0 Å². The zero-order valence-corrected chi connectivity index (χ0v) is 14.3. The lowest BCUT2D eigenvalue weighted by Crippen LogP contribution is -2.40. The molecule has 0 aliphatic carbocycles. The topological polar surface area (TPSA) is 64.4 Å². The van der Waals surface area contributed by atoms with Crippen LogP contribution < -0.4 is 15.8 Å². The van der Waals surface area contributed by atoms with Gasteiger partial charge in [-0.05, 0) is 24.1 Å². The van der Waals surface area contributed by atoms with Gasteiger partial charge >= 0.3 is 0 Å². The zero-order chi connectivity index (χ0) is 16.7. The summed E-state index contributed by atoms with van der Waals surface area (Å²) >= 11 is 0. The van der Waals surface area contributed by atoms with Gasteiger partial charge in [0.2, 0.25) is 5.91 Å². The molecule has 0 spiro atoms. The number of benzene rings is 2. The monoisotopic (exact) mass is 352 g/mol. The van der Waals surface area contributed by atoms with Crippen LogP contribution in [0, 0.1) is 5.82 Å². The van der Waals surface area contributed by atoms with Gasteiger partial charge in [-0.25, -0.2) is 4.39 Å². The van der Waals surface area contributed by atoms with E-state index >= 15 is 0 Å². The van der Waals surface area contributed by atoms with Gasteiger partial charge in [0, 0.05) is 6.07 Å². The predicted octanol–water partition coefficient (Wildman–Crippen LogP) is 3.22. The first kappa shape index (κ1) is 19.9. The molecule has 0 bridgehead atoms. The van der Waals surface area contributed by atoms with E-state index < -0.39 is 6.04 Å². The molecule has 0 heterocycles. The molecular weight excluding hydrogens is 331 g/mol. The van der Waals surface area contributed by atoms with Crippen LogP contribution in [0.4, 0.5) is 4.39 Å². The highest BCUT2D eigenvalue weighted by Crippen LogP contribution is 2.15. The predicted molar refractivity (Wildman–Crippen MR) is 94.7 cm³/mol. The number of hydrogen-bond donors (Lipinski definition) is 2. The lowest BCUT2D eigenvalue weighted by atomic mass is 10.1. The minimum absolute atomic E-state index is 0. The molecule has 0 aliphatic rings.